The molecule has 1 saturated heterocycles. The highest BCUT2D eigenvalue weighted by Gasteiger charge is 2.24. The topological polar surface area (TPSA) is 4.44 Å². The van der Waals surface area contributed by atoms with Crippen LogP contribution in [-0.2, 0) is 0 Å². The molecule has 1 rings (SSSR count). The van der Waals surface area contributed by atoms with Crippen LogP contribution < -0.4 is 17.3 Å². The molecule has 0 aliphatic carbocycles. The van der Waals surface area contributed by atoms with Crippen LogP contribution in [0.15, 0.2) is 0 Å². The molecule has 2 atom stereocenters. The Labute approximate surface area is 236 Å². The van der Waals surface area contributed by atoms with Crippen molar-refractivity contribution in [3.05, 3.63) is 0 Å². The lowest BCUT2D eigenvalue weighted by atomic mass is 9.99. The summed E-state index contributed by atoms with van der Waals surface area (Å²) in [6.45, 7) is 9.06. The van der Waals surface area contributed by atoms with E-state index < -0.39 is 0 Å². The van der Waals surface area contributed by atoms with E-state index in [0.29, 0.717) is 0 Å². The fraction of sp³-hybridized carbons (Fsp3) is 1.00. The van der Waals surface area contributed by atoms with Gasteiger partial charge in [-0.3, -0.25) is 0 Å². The number of quaternary nitrogens is 1. The number of rotatable bonds is 28. The summed E-state index contributed by atoms with van der Waals surface area (Å²) < 4.78 is 0. The minimum atomic E-state index is 0. The summed E-state index contributed by atoms with van der Waals surface area (Å²) in [6.07, 6.45) is 41.5. The first-order valence-electron chi connectivity index (χ1n) is 17.2. The van der Waals surface area contributed by atoms with Gasteiger partial charge in [0.25, 0.3) is 0 Å². The van der Waals surface area contributed by atoms with E-state index in [1.807, 2.05) is 4.90 Å². The lowest BCUT2D eigenvalue weighted by molar-refractivity contribution is -0.889. The van der Waals surface area contributed by atoms with E-state index in [9.17, 15) is 0 Å². The van der Waals surface area contributed by atoms with Crippen LogP contribution in [0.5, 0.6) is 0 Å². The van der Waals surface area contributed by atoms with Crippen molar-refractivity contribution in [3.8, 4) is 0 Å². The SMILES string of the molecule is CCCCCCCCCCCCCCCC1CC[NH+](CCCCCCCCCCCCCCC)C1.[Cl-]. The van der Waals surface area contributed by atoms with Crippen molar-refractivity contribution in [3.63, 3.8) is 0 Å². The van der Waals surface area contributed by atoms with Crippen LogP contribution in [0, 0.1) is 5.92 Å². The highest BCUT2D eigenvalue weighted by molar-refractivity contribution is 4.63. The maximum absolute atomic E-state index is 2.31. The molecule has 0 amide bonds. The average molecular weight is 528 g/mol. The van der Waals surface area contributed by atoms with E-state index in [4.69, 9.17) is 0 Å². The van der Waals surface area contributed by atoms with Gasteiger partial charge in [-0.15, -0.1) is 0 Å². The smallest absolute Gasteiger partial charge is 0.0801 e. The van der Waals surface area contributed by atoms with Gasteiger partial charge in [0.1, 0.15) is 0 Å². The molecule has 0 aromatic rings. The van der Waals surface area contributed by atoms with Crippen molar-refractivity contribution in [2.45, 2.75) is 194 Å². The van der Waals surface area contributed by atoms with Crippen molar-refractivity contribution in [2.75, 3.05) is 19.6 Å². The minimum absolute atomic E-state index is 0. The van der Waals surface area contributed by atoms with Crippen LogP contribution in [0.4, 0.5) is 0 Å². The first kappa shape index (κ1) is 36.2. The first-order chi connectivity index (χ1) is 17.4. The molecule has 0 bridgehead atoms. The maximum Gasteiger partial charge on any atom is 0.0801 e. The van der Waals surface area contributed by atoms with E-state index in [1.54, 1.807) is 0 Å². The van der Waals surface area contributed by atoms with Crippen molar-refractivity contribution >= 4 is 0 Å². The molecule has 0 saturated carbocycles. The van der Waals surface area contributed by atoms with Gasteiger partial charge in [0.2, 0.25) is 0 Å². The molecule has 0 spiro atoms. The summed E-state index contributed by atoms with van der Waals surface area (Å²) in [5, 5.41) is 0. The molecule has 1 N–H and O–H groups in total. The molecule has 218 valence electrons. The number of likely N-dealkylation sites (tertiary alicyclic amines) is 1. The fourth-order valence-electron chi connectivity index (χ4n) is 6.34. The largest absolute Gasteiger partial charge is 1.00 e. The Bertz CT molecular complexity index is 363. The summed E-state index contributed by atoms with van der Waals surface area (Å²) in [6, 6.07) is 0. The standard InChI is InChI=1S/C34H69N.ClH/c1-3-5-7-9-11-13-15-17-19-21-23-25-27-29-34-30-32-35(33-34)31-28-26-24-22-20-18-16-14-12-10-8-6-4-2;/h34H,3-33H2,1-2H3;1H. The number of nitrogens with one attached hydrogen (secondary N) is 1. The molecule has 2 unspecified atom stereocenters. The summed E-state index contributed by atoms with van der Waals surface area (Å²) >= 11 is 0. The van der Waals surface area contributed by atoms with Crippen LogP contribution in [0.25, 0.3) is 0 Å². The van der Waals surface area contributed by atoms with Gasteiger partial charge < -0.3 is 17.3 Å². The third kappa shape index (κ3) is 24.6. The van der Waals surface area contributed by atoms with E-state index in [1.165, 1.54) is 199 Å². The van der Waals surface area contributed by atoms with Crippen LogP contribution >= 0.6 is 0 Å². The van der Waals surface area contributed by atoms with E-state index in [0.717, 1.165) is 5.92 Å². The summed E-state index contributed by atoms with van der Waals surface area (Å²) in [7, 11) is 0. The number of halogens is 1. The molecule has 1 aliphatic rings. The summed E-state index contributed by atoms with van der Waals surface area (Å²) in [4.78, 5) is 1.94. The molecular weight excluding hydrogens is 458 g/mol. The van der Waals surface area contributed by atoms with Gasteiger partial charge in [0.15, 0.2) is 0 Å². The van der Waals surface area contributed by atoms with Crippen LogP contribution in [0.3, 0.4) is 0 Å². The Morgan fingerprint density at radius 3 is 1.17 bits per heavy atom. The molecule has 0 radical (unpaired) electrons. The highest BCUT2D eigenvalue weighted by Crippen LogP contribution is 2.17. The second-order valence-corrected chi connectivity index (χ2v) is 12.4. The zero-order valence-corrected chi connectivity index (χ0v) is 26.1. The zero-order chi connectivity index (χ0) is 25.1. The molecule has 1 nitrogen and oxygen atoms in total. The van der Waals surface area contributed by atoms with Crippen LogP contribution in [0.2, 0.25) is 0 Å². The predicted molar refractivity (Wildman–Crippen MR) is 160 cm³/mol. The number of hydrogen-bond donors (Lipinski definition) is 1. The maximum atomic E-state index is 2.31. The summed E-state index contributed by atoms with van der Waals surface area (Å²) in [5.74, 6) is 1.06. The molecule has 0 aromatic heterocycles. The number of hydrogen-bond acceptors (Lipinski definition) is 0. The van der Waals surface area contributed by atoms with Crippen molar-refractivity contribution < 1.29 is 17.3 Å². The number of unbranched alkanes of at least 4 members (excludes halogenated alkanes) is 24. The molecule has 0 aromatic carbocycles. The third-order valence-corrected chi connectivity index (χ3v) is 8.83. The van der Waals surface area contributed by atoms with E-state index >= 15 is 0 Å². The van der Waals surface area contributed by atoms with Gasteiger partial charge >= 0.3 is 0 Å². The molecule has 1 fully saturated rings. The summed E-state index contributed by atoms with van der Waals surface area (Å²) in [5.41, 5.74) is 0. The normalized spacial score (nSPS) is 17.5. The van der Waals surface area contributed by atoms with Crippen LogP contribution in [-0.4, -0.2) is 19.6 Å². The molecule has 1 heterocycles. The Morgan fingerprint density at radius 2 is 0.778 bits per heavy atom. The average Bonchev–Trinajstić information content (AvgIpc) is 3.32. The van der Waals surface area contributed by atoms with Crippen molar-refractivity contribution in [1.29, 1.82) is 0 Å². The second-order valence-electron chi connectivity index (χ2n) is 12.4. The second kappa shape index (κ2) is 29.8. The van der Waals surface area contributed by atoms with Gasteiger partial charge in [0.05, 0.1) is 19.6 Å². The Balaban J connectivity index is 0.0000122. The van der Waals surface area contributed by atoms with Crippen molar-refractivity contribution in [2.24, 2.45) is 5.92 Å². The zero-order valence-electron chi connectivity index (χ0n) is 25.4. The van der Waals surface area contributed by atoms with Gasteiger partial charge in [-0.1, -0.05) is 168 Å². The lowest BCUT2D eigenvalue weighted by Gasteiger charge is -2.13. The molecule has 36 heavy (non-hydrogen) atoms. The quantitative estimate of drug-likeness (QED) is 0.101. The molecular formula is C34H70ClN. The van der Waals surface area contributed by atoms with E-state index in [2.05, 4.69) is 13.8 Å². The minimum Gasteiger partial charge on any atom is -1.00 e. The fourth-order valence-corrected chi connectivity index (χ4v) is 6.34. The van der Waals surface area contributed by atoms with Gasteiger partial charge in [-0.25, -0.2) is 0 Å². The van der Waals surface area contributed by atoms with Gasteiger partial charge in [0, 0.05) is 12.3 Å². The highest BCUT2D eigenvalue weighted by atomic mass is 35.5. The van der Waals surface area contributed by atoms with E-state index in [-0.39, 0.29) is 12.4 Å². The Hall–Kier alpha value is 0.250. The van der Waals surface area contributed by atoms with Gasteiger partial charge in [-0.2, -0.15) is 0 Å². The first-order valence-corrected chi connectivity index (χ1v) is 17.2. The van der Waals surface area contributed by atoms with Gasteiger partial charge in [-0.05, 0) is 19.3 Å². The molecule has 2 heteroatoms. The van der Waals surface area contributed by atoms with Crippen molar-refractivity contribution in [1.82, 2.24) is 0 Å². The Kier molecular flexibility index (Phi) is 30.0. The van der Waals surface area contributed by atoms with Crippen LogP contribution in [0.1, 0.15) is 194 Å². The monoisotopic (exact) mass is 528 g/mol. The molecule has 1 aliphatic heterocycles. The Morgan fingerprint density at radius 1 is 0.444 bits per heavy atom. The predicted octanol–water partition coefficient (Wildman–Crippen LogP) is 7.47. The lowest BCUT2D eigenvalue weighted by Crippen LogP contribution is -3.10. The third-order valence-electron chi connectivity index (χ3n) is 8.83.